The van der Waals surface area contributed by atoms with Gasteiger partial charge < -0.3 is 28.4 Å². The maximum absolute atomic E-state index is 6.20. The van der Waals surface area contributed by atoms with Crippen molar-refractivity contribution in [1.82, 2.24) is 0 Å². The molecule has 0 fully saturated rings. The van der Waals surface area contributed by atoms with Crippen LogP contribution in [0.1, 0.15) is 195 Å². The Kier molecular flexibility index (Phi) is 24.0. The molecule has 0 aliphatic heterocycles. The van der Waals surface area contributed by atoms with Crippen molar-refractivity contribution in [1.29, 1.82) is 0 Å². The normalized spacial score (nSPS) is 12.8. The van der Waals surface area contributed by atoms with Gasteiger partial charge in [0.1, 0.15) is 0 Å². The van der Waals surface area contributed by atoms with Crippen molar-refractivity contribution < 1.29 is 28.4 Å². The largest absolute Gasteiger partial charge is 0.374 e. The molecule has 0 atom stereocenters. The SMILES string of the molecule is CC(C)OCc1cc(C(C)(C)C)cc(COC(C)C)c1Br.CC(C)OCc1cc(C(C)(C)C)cc(COC(C)C)c1SSc1c(COC(C)C)cc(C(C)(C)C)cc1COC(C)C. The van der Waals surface area contributed by atoms with Gasteiger partial charge in [-0.15, -0.1) is 0 Å². The summed E-state index contributed by atoms with van der Waals surface area (Å²) < 4.78 is 37.5. The van der Waals surface area contributed by atoms with E-state index in [0.29, 0.717) is 39.6 Å². The van der Waals surface area contributed by atoms with E-state index in [1.54, 1.807) is 21.6 Å². The highest BCUT2D eigenvalue weighted by molar-refractivity contribution is 9.10. The molecular formula is C54H87BrO6S2. The first-order valence-corrected chi connectivity index (χ1v) is 26.1. The molecule has 0 saturated heterocycles. The predicted molar refractivity (Wildman–Crippen MR) is 274 cm³/mol. The highest BCUT2D eigenvalue weighted by atomic mass is 79.9. The van der Waals surface area contributed by atoms with Crippen LogP contribution in [-0.4, -0.2) is 36.6 Å². The summed E-state index contributed by atoms with van der Waals surface area (Å²) >= 11 is 3.72. The fourth-order valence-corrected chi connectivity index (χ4v) is 9.34. The number of ether oxygens (including phenoxy) is 6. The Labute approximate surface area is 402 Å². The summed E-state index contributed by atoms with van der Waals surface area (Å²) in [5.74, 6) is 0. The van der Waals surface area contributed by atoms with E-state index in [9.17, 15) is 0 Å². The van der Waals surface area contributed by atoms with Crippen molar-refractivity contribution in [2.75, 3.05) is 0 Å². The Bertz CT molecular complexity index is 1640. The summed E-state index contributed by atoms with van der Waals surface area (Å²) in [6.45, 7) is 48.8. The van der Waals surface area contributed by atoms with Gasteiger partial charge in [-0.25, -0.2) is 0 Å². The summed E-state index contributed by atoms with van der Waals surface area (Å²) in [7, 11) is 3.61. The van der Waals surface area contributed by atoms with Crippen LogP contribution in [0.2, 0.25) is 0 Å². The maximum atomic E-state index is 6.20. The number of benzene rings is 3. The second-order valence-electron chi connectivity index (χ2n) is 21.4. The fourth-order valence-electron chi connectivity index (χ4n) is 6.03. The third kappa shape index (κ3) is 21.0. The van der Waals surface area contributed by atoms with E-state index in [1.165, 1.54) is 59.9 Å². The van der Waals surface area contributed by atoms with Gasteiger partial charge in [0, 0.05) is 14.3 Å². The topological polar surface area (TPSA) is 55.4 Å². The molecule has 0 N–H and O–H groups in total. The zero-order chi connectivity index (χ0) is 48.0. The van der Waals surface area contributed by atoms with Gasteiger partial charge in [0.15, 0.2) is 0 Å². The van der Waals surface area contributed by atoms with E-state index in [1.807, 2.05) is 0 Å². The van der Waals surface area contributed by atoms with Crippen LogP contribution in [0.4, 0.5) is 0 Å². The quantitative estimate of drug-likeness (QED) is 0.0979. The highest BCUT2D eigenvalue weighted by Crippen LogP contribution is 2.47. The van der Waals surface area contributed by atoms with Gasteiger partial charge in [0.05, 0.1) is 76.3 Å². The van der Waals surface area contributed by atoms with Crippen molar-refractivity contribution in [3.8, 4) is 0 Å². The summed E-state index contributed by atoms with van der Waals surface area (Å²) in [6.07, 6.45) is 1.04. The molecule has 0 amide bonds. The lowest BCUT2D eigenvalue weighted by molar-refractivity contribution is 0.0595. The first kappa shape index (κ1) is 57.7. The minimum absolute atomic E-state index is 0.0149. The van der Waals surface area contributed by atoms with E-state index in [-0.39, 0.29) is 52.9 Å². The standard InChI is InChI=1S/C36H58O4S2.C18H29BrO2/c1-23(2)37-19-27-15-31(35(9,10)11)16-28(20-38-24(3)4)33(27)41-42-34-29(21-39-25(5)6)17-32(36(12,13)14)18-30(34)22-40-26(7)8;1-12(2)20-10-14-8-16(18(5,6)7)9-15(17(14)19)11-21-13(3)4/h15-18,23-26H,19-22H2,1-14H3;8-9,12-13H,10-11H2,1-7H3. The molecule has 3 aromatic rings. The van der Waals surface area contributed by atoms with Gasteiger partial charge in [-0.05, 0) is 149 Å². The van der Waals surface area contributed by atoms with Crippen molar-refractivity contribution in [2.24, 2.45) is 0 Å². The van der Waals surface area contributed by atoms with Crippen molar-refractivity contribution in [2.45, 2.75) is 248 Å². The second-order valence-corrected chi connectivity index (χ2v) is 24.4. The average molecular weight is 976 g/mol. The molecule has 6 nitrogen and oxygen atoms in total. The molecule has 0 spiro atoms. The molecule has 0 bridgehead atoms. The average Bonchev–Trinajstić information content (AvgIpc) is 3.14. The molecule has 63 heavy (non-hydrogen) atoms. The number of rotatable bonds is 21. The van der Waals surface area contributed by atoms with Crippen LogP contribution < -0.4 is 0 Å². The van der Waals surface area contributed by atoms with E-state index < -0.39 is 0 Å². The molecule has 0 aromatic heterocycles. The lowest BCUT2D eigenvalue weighted by Crippen LogP contribution is -2.15. The zero-order valence-corrected chi connectivity index (χ0v) is 46.5. The van der Waals surface area contributed by atoms with Gasteiger partial charge in [-0.3, -0.25) is 0 Å². The highest BCUT2D eigenvalue weighted by Gasteiger charge is 2.24. The Morgan fingerprint density at radius 3 is 0.698 bits per heavy atom. The molecule has 0 aliphatic carbocycles. The van der Waals surface area contributed by atoms with E-state index >= 15 is 0 Å². The van der Waals surface area contributed by atoms with Crippen LogP contribution in [-0.2, 0) is 84.3 Å². The van der Waals surface area contributed by atoms with Crippen molar-refractivity contribution in [3.63, 3.8) is 0 Å². The lowest BCUT2D eigenvalue weighted by Gasteiger charge is -2.26. The predicted octanol–water partition coefficient (Wildman–Crippen LogP) is 16.4. The summed E-state index contributed by atoms with van der Waals surface area (Å²) in [5, 5.41) is 0. The van der Waals surface area contributed by atoms with Gasteiger partial charge >= 0.3 is 0 Å². The van der Waals surface area contributed by atoms with Gasteiger partial charge in [0.2, 0.25) is 0 Å². The van der Waals surface area contributed by atoms with Crippen molar-refractivity contribution >= 4 is 37.5 Å². The third-order valence-corrected chi connectivity index (χ3v) is 13.7. The number of halogens is 1. The molecule has 3 aromatic carbocycles. The van der Waals surface area contributed by atoms with Gasteiger partial charge in [0.25, 0.3) is 0 Å². The first-order valence-electron chi connectivity index (χ1n) is 23.2. The monoisotopic (exact) mass is 975 g/mol. The van der Waals surface area contributed by atoms with Gasteiger partial charge in [-0.1, -0.05) is 136 Å². The molecule has 358 valence electrons. The number of hydrogen-bond donors (Lipinski definition) is 0. The fraction of sp³-hybridized carbons (Fsp3) is 0.667. The van der Waals surface area contributed by atoms with Crippen LogP contribution in [0.25, 0.3) is 0 Å². The Balaban J connectivity index is 0.000000543. The second kappa shape index (κ2) is 26.2. The van der Waals surface area contributed by atoms with Crippen LogP contribution in [0.15, 0.2) is 50.7 Å². The number of hydrogen-bond acceptors (Lipinski definition) is 8. The first-order chi connectivity index (χ1) is 29.0. The maximum Gasteiger partial charge on any atom is 0.0731 e. The summed E-state index contributed by atoms with van der Waals surface area (Å²) in [5.41, 5.74) is 11.3. The smallest absolute Gasteiger partial charge is 0.0731 e. The molecule has 0 radical (unpaired) electrons. The summed E-state index contributed by atoms with van der Waals surface area (Å²) in [4.78, 5) is 2.45. The van der Waals surface area contributed by atoms with E-state index in [4.69, 9.17) is 28.4 Å². The van der Waals surface area contributed by atoms with Crippen LogP contribution in [0, 0.1) is 0 Å². The minimum atomic E-state index is 0.0149. The van der Waals surface area contributed by atoms with Crippen molar-refractivity contribution in [3.05, 3.63) is 90.9 Å². The molecule has 9 heteroatoms. The third-order valence-electron chi connectivity index (χ3n) is 9.95. The van der Waals surface area contributed by atoms with E-state index in [2.05, 4.69) is 198 Å². The van der Waals surface area contributed by atoms with Crippen LogP contribution in [0.3, 0.4) is 0 Å². The zero-order valence-electron chi connectivity index (χ0n) is 43.3. The van der Waals surface area contributed by atoms with Gasteiger partial charge in [-0.2, -0.15) is 0 Å². The molecule has 0 unspecified atom stereocenters. The van der Waals surface area contributed by atoms with Crippen LogP contribution in [0.5, 0.6) is 0 Å². The van der Waals surface area contributed by atoms with Crippen LogP contribution >= 0.6 is 37.5 Å². The Morgan fingerprint density at radius 1 is 0.349 bits per heavy atom. The molecule has 0 saturated carbocycles. The van der Waals surface area contributed by atoms with E-state index in [0.717, 1.165) is 4.47 Å². The molecule has 3 rings (SSSR count). The minimum Gasteiger partial charge on any atom is -0.374 e. The molecule has 0 aliphatic rings. The molecular weight excluding hydrogens is 889 g/mol. The Morgan fingerprint density at radius 2 is 0.524 bits per heavy atom. The summed E-state index contributed by atoms with van der Waals surface area (Å²) in [6, 6.07) is 13.8. The molecule has 0 heterocycles. The lowest BCUT2D eigenvalue weighted by atomic mass is 9.85. The Hall–Kier alpha value is -1.40.